The van der Waals surface area contributed by atoms with E-state index < -0.39 is 0 Å². The Morgan fingerprint density at radius 3 is 2.54 bits per heavy atom. The fourth-order valence-corrected chi connectivity index (χ4v) is 3.21. The molecule has 0 unspecified atom stereocenters. The zero-order chi connectivity index (χ0) is 18.7. The Kier molecular flexibility index (Phi) is 5.35. The molecule has 26 heavy (non-hydrogen) atoms. The largest absolute Gasteiger partial charge is 0.465 e. The molecule has 1 aliphatic rings. The number of rotatable bonds is 4. The number of halogens is 1. The van der Waals surface area contributed by atoms with Gasteiger partial charge in [0, 0.05) is 19.3 Å². The molecule has 0 spiro atoms. The molecule has 0 bridgehead atoms. The van der Waals surface area contributed by atoms with E-state index in [4.69, 9.17) is 4.74 Å². The maximum absolute atomic E-state index is 14.5. The fourth-order valence-electron chi connectivity index (χ4n) is 3.21. The fraction of sp³-hybridized carbons (Fsp3) is 0.333. The van der Waals surface area contributed by atoms with Gasteiger partial charge in [0.25, 0.3) is 0 Å². The summed E-state index contributed by atoms with van der Waals surface area (Å²) in [5.41, 5.74) is 4.50. The van der Waals surface area contributed by atoms with Gasteiger partial charge in [-0.3, -0.25) is 4.99 Å². The number of anilines is 1. The van der Waals surface area contributed by atoms with E-state index in [1.165, 1.54) is 7.11 Å². The minimum absolute atomic E-state index is 0.211. The van der Waals surface area contributed by atoms with Crippen LogP contribution in [0.4, 0.5) is 15.8 Å². The number of carbonyl (C=O) groups is 1. The van der Waals surface area contributed by atoms with Crippen molar-refractivity contribution < 1.29 is 13.9 Å². The Bertz CT molecular complexity index is 855. The van der Waals surface area contributed by atoms with E-state index in [0.717, 1.165) is 48.3 Å². The highest BCUT2D eigenvalue weighted by Crippen LogP contribution is 2.27. The molecule has 0 amide bonds. The van der Waals surface area contributed by atoms with Crippen LogP contribution in [0, 0.1) is 19.7 Å². The zero-order valence-electron chi connectivity index (χ0n) is 15.4. The zero-order valence-corrected chi connectivity index (χ0v) is 15.4. The van der Waals surface area contributed by atoms with Crippen LogP contribution in [0.1, 0.15) is 39.9 Å². The van der Waals surface area contributed by atoms with E-state index in [1.807, 2.05) is 19.9 Å². The number of ether oxygens (including phenoxy) is 1. The molecule has 136 valence electrons. The topological polar surface area (TPSA) is 41.9 Å². The first-order valence-corrected chi connectivity index (χ1v) is 8.77. The van der Waals surface area contributed by atoms with Crippen LogP contribution in [0.25, 0.3) is 0 Å². The van der Waals surface area contributed by atoms with Crippen molar-refractivity contribution in [3.05, 3.63) is 58.4 Å². The van der Waals surface area contributed by atoms with Crippen molar-refractivity contribution in [2.45, 2.75) is 26.7 Å². The van der Waals surface area contributed by atoms with Gasteiger partial charge in [-0.05, 0) is 73.7 Å². The van der Waals surface area contributed by atoms with Crippen molar-refractivity contribution in [1.29, 1.82) is 0 Å². The van der Waals surface area contributed by atoms with Crippen LogP contribution in [0.2, 0.25) is 0 Å². The quantitative estimate of drug-likeness (QED) is 0.596. The minimum Gasteiger partial charge on any atom is -0.465 e. The van der Waals surface area contributed by atoms with Gasteiger partial charge in [-0.2, -0.15) is 0 Å². The van der Waals surface area contributed by atoms with E-state index in [2.05, 4.69) is 9.89 Å². The number of aryl methyl sites for hydroxylation is 2. The Morgan fingerprint density at radius 1 is 1.15 bits per heavy atom. The van der Waals surface area contributed by atoms with Crippen LogP contribution in [-0.4, -0.2) is 32.4 Å². The van der Waals surface area contributed by atoms with Crippen LogP contribution in [0.15, 0.2) is 35.3 Å². The summed E-state index contributed by atoms with van der Waals surface area (Å²) in [6.45, 7) is 5.67. The molecule has 1 saturated heterocycles. The summed E-state index contributed by atoms with van der Waals surface area (Å²) in [7, 11) is 1.35. The van der Waals surface area contributed by atoms with E-state index in [1.54, 1.807) is 30.5 Å². The van der Waals surface area contributed by atoms with E-state index >= 15 is 0 Å². The molecule has 0 aliphatic carbocycles. The number of nitrogens with zero attached hydrogens (tertiary/aromatic N) is 2. The molecule has 0 aromatic heterocycles. The Labute approximate surface area is 153 Å². The first-order valence-electron chi connectivity index (χ1n) is 8.77. The lowest BCUT2D eigenvalue weighted by Gasteiger charge is -2.19. The highest BCUT2D eigenvalue weighted by molar-refractivity contribution is 5.90. The average molecular weight is 354 g/mol. The van der Waals surface area contributed by atoms with Crippen LogP contribution in [0.5, 0.6) is 0 Å². The maximum atomic E-state index is 14.5. The Morgan fingerprint density at radius 2 is 1.88 bits per heavy atom. The molecule has 4 nitrogen and oxygen atoms in total. The van der Waals surface area contributed by atoms with Crippen molar-refractivity contribution in [3.63, 3.8) is 0 Å². The van der Waals surface area contributed by atoms with Gasteiger partial charge >= 0.3 is 5.97 Å². The number of aliphatic imine (C=N–C) groups is 1. The van der Waals surface area contributed by atoms with Crippen molar-refractivity contribution in [3.8, 4) is 0 Å². The first-order chi connectivity index (χ1) is 12.5. The highest BCUT2D eigenvalue weighted by Gasteiger charge is 2.17. The molecule has 2 aromatic rings. The van der Waals surface area contributed by atoms with Crippen LogP contribution in [-0.2, 0) is 4.74 Å². The maximum Gasteiger partial charge on any atom is 0.337 e. The molecule has 0 atom stereocenters. The van der Waals surface area contributed by atoms with Gasteiger partial charge in [0.2, 0.25) is 0 Å². The molecule has 5 heteroatoms. The summed E-state index contributed by atoms with van der Waals surface area (Å²) in [6, 6.07) is 8.63. The van der Waals surface area contributed by atoms with Gasteiger partial charge in [-0.15, -0.1) is 0 Å². The molecule has 1 aliphatic heterocycles. The normalized spacial score (nSPS) is 14.2. The van der Waals surface area contributed by atoms with Gasteiger partial charge in [-0.1, -0.05) is 0 Å². The summed E-state index contributed by atoms with van der Waals surface area (Å²) in [5.74, 6) is -0.587. The first kappa shape index (κ1) is 18.1. The molecule has 3 rings (SSSR count). The molecule has 0 radical (unpaired) electrons. The van der Waals surface area contributed by atoms with Crippen LogP contribution in [0.3, 0.4) is 0 Å². The van der Waals surface area contributed by atoms with Crippen LogP contribution >= 0.6 is 0 Å². The van der Waals surface area contributed by atoms with Gasteiger partial charge in [-0.25, -0.2) is 9.18 Å². The number of carbonyl (C=O) groups excluding carboxylic acids is 1. The lowest BCUT2D eigenvalue weighted by molar-refractivity contribution is 0.0600. The summed E-state index contributed by atoms with van der Waals surface area (Å²) in [5, 5.41) is 0. The molecular weight excluding hydrogens is 331 g/mol. The Hall–Kier alpha value is -2.69. The lowest BCUT2D eigenvalue weighted by Crippen LogP contribution is -2.19. The monoisotopic (exact) mass is 354 g/mol. The van der Waals surface area contributed by atoms with Gasteiger partial charge < -0.3 is 9.64 Å². The van der Waals surface area contributed by atoms with Crippen LogP contribution < -0.4 is 4.90 Å². The van der Waals surface area contributed by atoms with Crippen molar-refractivity contribution >= 4 is 23.6 Å². The minimum atomic E-state index is -0.376. The molecule has 0 saturated carbocycles. The number of hydrogen-bond acceptors (Lipinski definition) is 4. The third-order valence-electron chi connectivity index (χ3n) is 4.74. The van der Waals surface area contributed by atoms with E-state index in [9.17, 15) is 9.18 Å². The summed E-state index contributed by atoms with van der Waals surface area (Å²) in [4.78, 5) is 18.1. The van der Waals surface area contributed by atoms with Crippen molar-refractivity contribution in [2.75, 3.05) is 25.1 Å². The number of benzene rings is 2. The third kappa shape index (κ3) is 3.77. The SMILES string of the molecule is COC(=O)c1ccc(N=Cc2cc(F)c(N3CCCC3)cc2C)c(C)c1. The predicted octanol–water partition coefficient (Wildman–Crippen LogP) is 4.58. The summed E-state index contributed by atoms with van der Waals surface area (Å²) >= 11 is 0. The number of hydrogen-bond donors (Lipinski definition) is 0. The third-order valence-corrected chi connectivity index (χ3v) is 4.74. The highest BCUT2D eigenvalue weighted by atomic mass is 19.1. The Balaban J connectivity index is 1.84. The van der Waals surface area contributed by atoms with Gasteiger partial charge in [0.05, 0.1) is 24.0 Å². The van der Waals surface area contributed by atoms with Gasteiger partial charge in [0.15, 0.2) is 0 Å². The van der Waals surface area contributed by atoms with E-state index in [0.29, 0.717) is 11.3 Å². The molecule has 2 aromatic carbocycles. The van der Waals surface area contributed by atoms with E-state index in [-0.39, 0.29) is 11.8 Å². The molecule has 0 N–H and O–H groups in total. The number of esters is 1. The number of methoxy groups -OCH3 is 1. The average Bonchev–Trinajstić information content (AvgIpc) is 3.16. The second-order valence-corrected chi connectivity index (χ2v) is 6.61. The smallest absolute Gasteiger partial charge is 0.337 e. The van der Waals surface area contributed by atoms with Crippen molar-refractivity contribution in [2.24, 2.45) is 4.99 Å². The van der Waals surface area contributed by atoms with Gasteiger partial charge in [0.1, 0.15) is 5.82 Å². The molecular formula is C21H23FN2O2. The standard InChI is InChI=1S/C21H23FN2O2/c1-14-11-20(24-8-4-5-9-24)18(22)12-17(14)13-23-19-7-6-16(10-15(19)2)21(25)26-3/h6-7,10-13H,4-5,8-9H2,1-3H3. The summed E-state index contributed by atoms with van der Waals surface area (Å²) < 4.78 is 19.2. The second kappa shape index (κ2) is 7.68. The lowest BCUT2D eigenvalue weighted by atomic mass is 10.1. The second-order valence-electron chi connectivity index (χ2n) is 6.61. The summed E-state index contributed by atoms with van der Waals surface area (Å²) in [6.07, 6.45) is 3.90. The predicted molar refractivity (Wildman–Crippen MR) is 102 cm³/mol. The molecule has 1 fully saturated rings. The molecule has 1 heterocycles. The van der Waals surface area contributed by atoms with Crippen molar-refractivity contribution in [1.82, 2.24) is 0 Å².